The van der Waals surface area contributed by atoms with E-state index >= 15 is 0 Å². The highest BCUT2D eigenvalue weighted by molar-refractivity contribution is 5.95. The van der Waals surface area contributed by atoms with Crippen LogP contribution in [0.2, 0.25) is 0 Å². The first-order valence-electron chi connectivity index (χ1n) is 6.60. The first-order chi connectivity index (χ1) is 9.03. The Morgan fingerprint density at radius 1 is 1.35 bits per heavy atom. The SMILES string of the molecule is CC1(C)Oc2ccc(NC(=O)C3CCCN3)cc2O1.Cl. The van der Waals surface area contributed by atoms with E-state index in [1.165, 1.54) is 0 Å². The molecule has 1 aromatic rings. The molecule has 5 nitrogen and oxygen atoms in total. The van der Waals surface area contributed by atoms with Gasteiger partial charge in [0.2, 0.25) is 11.7 Å². The van der Waals surface area contributed by atoms with Crippen LogP contribution in [-0.2, 0) is 4.79 Å². The minimum atomic E-state index is -0.641. The molecular weight excluding hydrogens is 280 g/mol. The summed E-state index contributed by atoms with van der Waals surface area (Å²) in [6, 6.07) is 5.37. The molecule has 2 aliphatic heterocycles. The zero-order valence-corrected chi connectivity index (χ0v) is 12.4. The van der Waals surface area contributed by atoms with Crippen LogP contribution >= 0.6 is 12.4 Å². The van der Waals surface area contributed by atoms with Gasteiger partial charge in [0.25, 0.3) is 0 Å². The lowest BCUT2D eigenvalue weighted by Gasteiger charge is -2.16. The van der Waals surface area contributed by atoms with E-state index in [1.807, 2.05) is 26.0 Å². The summed E-state index contributed by atoms with van der Waals surface area (Å²) < 4.78 is 11.3. The van der Waals surface area contributed by atoms with E-state index in [1.54, 1.807) is 6.07 Å². The van der Waals surface area contributed by atoms with Crippen molar-refractivity contribution < 1.29 is 14.3 Å². The quantitative estimate of drug-likeness (QED) is 0.879. The van der Waals surface area contributed by atoms with Gasteiger partial charge >= 0.3 is 0 Å². The van der Waals surface area contributed by atoms with Crippen molar-refractivity contribution in [1.29, 1.82) is 0 Å². The van der Waals surface area contributed by atoms with Gasteiger partial charge < -0.3 is 20.1 Å². The molecule has 3 rings (SSSR count). The van der Waals surface area contributed by atoms with Gasteiger partial charge in [-0.2, -0.15) is 0 Å². The Balaban J connectivity index is 0.00000147. The zero-order chi connectivity index (χ0) is 13.5. The molecule has 1 aromatic carbocycles. The molecule has 1 amide bonds. The lowest BCUT2D eigenvalue weighted by molar-refractivity contribution is -0.117. The van der Waals surface area contributed by atoms with E-state index in [4.69, 9.17) is 9.47 Å². The van der Waals surface area contributed by atoms with Gasteiger partial charge in [-0.3, -0.25) is 4.79 Å². The fraction of sp³-hybridized carbons (Fsp3) is 0.500. The van der Waals surface area contributed by atoms with Gasteiger partial charge in [-0.15, -0.1) is 12.4 Å². The van der Waals surface area contributed by atoms with Crippen molar-refractivity contribution in [2.45, 2.75) is 38.5 Å². The van der Waals surface area contributed by atoms with Crippen molar-refractivity contribution >= 4 is 24.0 Å². The number of anilines is 1. The zero-order valence-electron chi connectivity index (χ0n) is 11.6. The van der Waals surface area contributed by atoms with Crippen molar-refractivity contribution in [2.75, 3.05) is 11.9 Å². The highest BCUT2D eigenvalue weighted by atomic mass is 35.5. The molecule has 0 aromatic heterocycles. The van der Waals surface area contributed by atoms with E-state index in [2.05, 4.69) is 10.6 Å². The first kappa shape index (κ1) is 14.9. The fourth-order valence-corrected chi connectivity index (χ4v) is 2.44. The Bertz CT molecular complexity index is 513. The molecule has 2 heterocycles. The number of fused-ring (bicyclic) bond motifs is 1. The summed E-state index contributed by atoms with van der Waals surface area (Å²) in [6.45, 7) is 4.62. The van der Waals surface area contributed by atoms with Gasteiger partial charge in [0.15, 0.2) is 11.5 Å². The Morgan fingerprint density at radius 3 is 2.80 bits per heavy atom. The van der Waals surface area contributed by atoms with Crippen LogP contribution in [0.3, 0.4) is 0 Å². The van der Waals surface area contributed by atoms with E-state index in [-0.39, 0.29) is 24.4 Å². The van der Waals surface area contributed by atoms with Crippen molar-refractivity contribution in [3.8, 4) is 11.5 Å². The molecule has 1 fully saturated rings. The van der Waals surface area contributed by atoms with E-state index in [9.17, 15) is 4.79 Å². The Hall–Kier alpha value is -1.46. The fourth-order valence-electron chi connectivity index (χ4n) is 2.44. The van der Waals surface area contributed by atoms with Crippen molar-refractivity contribution in [2.24, 2.45) is 0 Å². The van der Waals surface area contributed by atoms with Crippen LogP contribution in [0.5, 0.6) is 11.5 Å². The number of ether oxygens (including phenoxy) is 2. The number of benzene rings is 1. The number of hydrogen-bond acceptors (Lipinski definition) is 4. The lowest BCUT2D eigenvalue weighted by Crippen LogP contribution is -2.35. The van der Waals surface area contributed by atoms with Crippen LogP contribution in [0.15, 0.2) is 18.2 Å². The van der Waals surface area contributed by atoms with Crippen LogP contribution in [0, 0.1) is 0 Å². The number of amides is 1. The highest BCUT2D eigenvalue weighted by Crippen LogP contribution is 2.40. The van der Waals surface area contributed by atoms with E-state index in [0.717, 1.165) is 25.1 Å². The van der Waals surface area contributed by atoms with Gasteiger partial charge in [-0.25, -0.2) is 0 Å². The summed E-state index contributed by atoms with van der Waals surface area (Å²) >= 11 is 0. The maximum absolute atomic E-state index is 12.0. The number of hydrogen-bond donors (Lipinski definition) is 2. The van der Waals surface area contributed by atoms with Crippen LogP contribution < -0.4 is 20.1 Å². The summed E-state index contributed by atoms with van der Waals surface area (Å²) in [7, 11) is 0. The monoisotopic (exact) mass is 298 g/mol. The average molecular weight is 299 g/mol. The summed E-state index contributed by atoms with van der Waals surface area (Å²) in [5.74, 6) is 0.748. The Morgan fingerprint density at radius 2 is 2.10 bits per heavy atom. The first-order valence-corrected chi connectivity index (χ1v) is 6.60. The molecule has 2 aliphatic rings. The maximum atomic E-state index is 12.0. The molecule has 0 spiro atoms. The van der Waals surface area contributed by atoms with Gasteiger partial charge in [0, 0.05) is 25.6 Å². The predicted octanol–water partition coefficient (Wildman–Crippen LogP) is 2.31. The van der Waals surface area contributed by atoms with Crippen LogP contribution in [-0.4, -0.2) is 24.3 Å². The third-order valence-electron chi connectivity index (χ3n) is 3.30. The van der Waals surface area contributed by atoms with Gasteiger partial charge in [-0.05, 0) is 31.5 Å². The molecule has 110 valence electrons. The van der Waals surface area contributed by atoms with E-state index < -0.39 is 5.79 Å². The maximum Gasteiger partial charge on any atom is 0.246 e. The molecule has 0 aliphatic carbocycles. The minimum absolute atomic E-state index is 0. The third kappa shape index (κ3) is 2.99. The second-order valence-electron chi connectivity index (χ2n) is 5.40. The largest absolute Gasteiger partial charge is 0.449 e. The van der Waals surface area contributed by atoms with Crippen LogP contribution in [0.1, 0.15) is 26.7 Å². The van der Waals surface area contributed by atoms with Crippen molar-refractivity contribution in [1.82, 2.24) is 5.32 Å². The topological polar surface area (TPSA) is 59.6 Å². The predicted molar refractivity (Wildman–Crippen MR) is 78.7 cm³/mol. The summed E-state index contributed by atoms with van der Waals surface area (Å²) in [4.78, 5) is 12.0. The molecule has 20 heavy (non-hydrogen) atoms. The summed E-state index contributed by atoms with van der Waals surface area (Å²) in [5, 5.41) is 6.08. The molecule has 2 N–H and O–H groups in total. The second kappa shape index (κ2) is 5.50. The number of carbonyl (C=O) groups excluding carboxylic acids is 1. The Kier molecular flexibility index (Phi) is 4.11. The minimum Gasteiger partial charge on any atom is -0.449 e. The normalized spacial score (nSPS) is 22.2. The Labute approximate surface area is 124 Å². The number of rotatable bonds is 2. The molecule has 0 bridgehead atoms. The van der Waals surface area contributed by atoms with Gasteiger partial charge in [-0.1, -0.05) is 0 Å². The van der Waals surface area contributed by atoms with E-state index in [0.29, 0.717) is 11.5 Å². The third-order valence-corrected chi connectivity index (χ3v) is 3.30. The second-order valence-corrected chi connectivity index (χ2v) is 5.40. The molecule has 1 saturated heterocycles. The molecule has 1 unspecified atom stereocenters. The lowest BCUT2D eigenvalue weighted by atomic mass is 10.2. The van der Waals surface area contributed by atoms with Crippen LogP contribution in [0.25, 0.3) is 0 Å². The molecule has 1 atom stereocenters. The van der Waals surface area contributed by atoms with Crippen molar-refractivity contribution in [3.63, 3.8) is 0 Å². The highest BCUT2D eigenvalue weighted by Gasteiger charge is 2.32. The van der Waals surface area contributed by atoms with Gasteiger partial charge in [0.1, 0.15) is 0 Å². The standard InChI is InChI=1S/C14H18N2O3.ClH/c1-14(2)18-11-6-5-9(8-12(11)19-14)16-13(17)10-4-3-7-15-10;/h5-6,8,10,15H,3-4,7H2,1-2H3,(H,16,17);1H. The molecular formula is C14H19ClN2O3. The summed E-state index contributed by atoms with van der Waals surface area (Å²) in [5.41, 5.74) is 0.735. The molecule has 0 saturated carbocycles. The smallest absolute Gasteiger partial charge is 0.246 e. The molecule has 6 heteroatoms. The number of halogens is 1. The van der Waals surface area contributed by atoms with Crippen LogP contribution in [0.4, 0.5) is 5.69 Å². The van der Waals surface area contributed by atoms with Crippen molar-refractivity contribution in [3.05, 3.63) is 18.2 Å². The summed E-state index contributed by atoms with van der Waals surface area (Å²) in [6.07, 6.45) is 1.94. The number of carbonyl (C=O) groups is 1. The average Bonchev–Trinajstić information content (AvgIpc) is 2.93. The molecule has 0 radical (unpaired) electrons. The van der Waals surface area contributed by atoms with Gasteiger partial charge in [0.05, 0.1) is 6.04 Å². The number of nitrogens with one attached hydrogen (secondary N) is 2.